The molecule has 2 amide bonds. The van der Waals surface area contributed by atoms with Gasteiger partial charge in [-0.15, -0.1) is 0 Å². The summed E-state index contributed by atoms with van der Waals surface area (Å²) in [6, 6.07) is 5.92. The average Bonchev–Trinajstić information content (AvgIpc) is 3.22. The third-order valence-corrected chi connectivity index (χ3v) is 4.90. The van der Waals surface area contributed by atoms with Crippen molar-refractivity contribution in [3.05, 3.63) is 35.5 Å². The fourth-order valence-electron chi connectivity index (χ4n) is 3.50. The normalized spacial score (nSPS) is 18.7. The van der Waals surface area contributed by atoms with E-state index in [0.29, 0.717) is 19.5 Å². The first-order chi connectivity index (χ1) is 12.7. The van der Waals surface area contributed by atoms with Gasteiger partial charge in [0.15, 0.2) is 5.76 Å². The van der Waals surface area contributed by atoms with Crippen molar-refractivity contribution in [1.82, 2.24) is 10.5 Å². The predicted octanol–water partition coefficient (Wildman–Crippen LogP) is 2.68. The minimum absolute atomic E-state index is 0.0487. The monoisotopic (exact) mass is 355 g/mol. The molecule has 0 radical (unpaired) electrons. The van der Waals surface area contributed by atoms with Crippen LogP contribution in [0.15, 0.2) is 28.9 Å². The highest BCUT2D eigenvalue weighted by molar-refractivity contribution is 5.90. The summed E-state index contributed by atoms with van der Waals surface area (Å²) in [6.07, 6.45) is 4.36. The Bertz CT molecular complexity index is 845. The minimum Gasteiger partial charge on any atom is -0.442 e. The van der Waals surface area contributed by atoms with Crippen LogP contribution in [0.25, 0.3) is 11.3 Å². The maximum atomic E-state index is 12.3. The fourth-order valence-corrected chi connectivity index (χ4v) is 3.50. The minimum atomic E-state index is -0.380. The molecule has 0 bridgehead atoms. The lowest BCUT2D eigenvalue weighted by atomic mass is 10.0. The molecule has 1 N–H and O–H groups in total. The van der Waals surface area contributed by atoms with E-state index in [-0.39, 0.29) is 18.1 Å². The number of benzene rings is 1. The molecule has 7 heteroatoms. The number of anilines is 1. The maximum absolute atomic E-state index is 12.3. The number of nitrogens with zero attached hydrogens (tertiary/aromatic N) is 2. The summed E-state index contributed by atoms with van der Waals surface area (Å²) in [7, 11) is 0. The number of nitrogens with one attached hydrogen (secondary N) is 1. The van der Waals surface area contributed by atoms with E-state index in [1.807, 2.05) is 18.2 Å². The van der Waals surface area contributed by atoms with E-state index in [1.54, 1.807) is 18.0 Å². The summed E-state index contributed by atoms with van der Waals surface area (Å²) in [6.45, 7) is 2.55. The number of aryl methyl sites for hydroxylation is 2. The highest BCUT2D eigenvalue weighted by atomic mass is 16.6. The van der Waals surface area contributed by atoms with E-state index in [4.69, 9.17) is 9.26 Å². The number of rotatable bonds is 4. The molecule has 7 nitrogen and oxygen atoms in total. The molecule has 2 aliphatic rings. The van der Waals surface area contributed by atoms with Gasteiger partial charge in [-0.25, -0.2) is 4.79 Å². The number of hydrogen-bond acceptors (Lipinski definition) is 5. The zero-order valence-electron chi connectivity index (χ0n) is 14.7. The summed E-state index contributed by atoms with van der Waals surface area (Å²) in [5, 5.41) is 6.68. The first kappa shape index (κ1) is 16.6. The molecule has 1 atom stereocenters. The Morgan fingerprint density at radius 1 is 1.35 bits per heavy atom. The number of carbonyl (C=O) groups excluding carboxylic acids is 2. The van der Waals surface area contributed by atoms with Crippen molar-refractivity contribution in [2.45, 2.75) is 38.7 Å². The number of amides is 2. The Morgan fingerprint density at radius 2 is 2.19 bits per heavy atom. The quantitative estimate of drug-likeness (QED) is 0.911. The van der Waals surface area contributed by atoms with Crippen LogP contribution in [0.3, 0.4) is 0 Å². The molecule has 26 heavy (non-hydrogen) atoms. The van der Waals surface area contributed by atoms with Gasteiger partial charge in [-0.2, -0.15) is 0 Å². The van der Waals surface area contributed by atoms with Gasteiger partial charge in [-0.1, -0.05) is 12.1 Å². The van der Waals surface area contributed by atoms with Gasteiger partial charge in [-0.05, 0) is 43.0 Å². The third kappa shape index (κ3) is 3.05. The van der Waals surface area contributed by atoms with Crippen molar-refractivity contribution in [1.29, 1.82) is 0 Å². The van der Waals surface area contributed by atoms with Crippen molar-refractivity contribution in [2.24, 2.45) is 0 Å². The van der Waals surface area contributed by atoms with Crippen LogP contribution in [0.5, 0.6) is 0 Å². The molecule has 2 aromatic rings. The molecule has 4 rings (SSSR count). The summed E-state index contributed by atoms with van der Waals surface area (Å²) in [4.78, 5) is 25.3. The second-order valence-electron chi connectivity index (χ2n) is 6.65. The second kappa shape index (κ2) is 6.82. The Hall–Kier alpha value is -2.83. The molecule has 1 aliphatic carbocycles. The lowest BCUT2D eigenvalue weighted by Crippen LogP contribution is -2.34. The zero-order chi connectivity index (χ0) is 18.1. The van der Waals surface area contributed by atoms with Crippen molar-refractivity contribution in [3.63, 3.8) is 0 Å². The topological polar surface area (TPSA) is 84.7 Å². The number of aromatic nitrogens is 1. The van der Waals surface area contributed by atoms with E-state index in [1.165, 1.54) is 0 Å². The highest BCUT2D eigenvalue weighted by Gasteiger charge is 2.33. The molecule has 1 saturated heterocycles. The lowest BCUT2D eigenvalue weighted by molar-refractivity contribution is -0.121. The molecular formula is C19H21N3O4. The Labute approximate surface area is 151 Å². The van der Waals surface area contributed by atoms with E-state index >= 15 is 0 Å². The summed E-state index contributed by atoms with van der Waals surface area (Å²) in [5.41, 5.74) is 4.12. The summed E-state index contributed by atoms with van der Waals surface area (Å²) >= 11 is 0. The van der Waals surface area contributed by atoms with Crippen molar-refractivity contribution in [2.75, 3.05) is 18.0 Å². The van der Waals surface area contributed by atoms with Gasteiger partial charge in [0.2, 0.25) is 5.91 Å². The second-order valence-corrected chi connectivity index (χ2v) is 6.65. The predicted molar refractivity (Wildman–Crippen MR) is 94.9 cm³/mol. The van der Waals surface area contributed by atoms with Gasteiger partial charge in [0.05, 0.1) is 19.3 Å². The molecular weight excluding hydrogens is 334 g/mol. The molecule has 136 valence electrons. The number of hydrogen-bond donors (Lipinski definition) is 1. The fraction of sp³-hybridized carbons (Fsp3) is 0.421. The third-order valence-electron chi connectivity index (χ3n) is 4.90. The van der Waals surface area contributed by atoms with Gasteiger partial charge < -0.3 is 14.6 Å². The van der Waals surface area contributed by atoms with Crippen molar-refractivity contribution >= 4 is 17.7 Å². The SMILES string of the molecule is CCC(=O)NCC1CN(c2ccc3c(c2)CCCc2cnoc2-3)C(=O)O1. The summed E-state index contributed by atoms with van der Waals surface area (Å²) < 4.78 is 10.8. The molecule has 0 saturated carbocycles. The first-order valence-electron chi connectivity index (χ1n) is 8.97. The molecule has 1 aliphatic heterocycles. The van der Waals surface area contributed by atoms with Crippen LogP contribution in [0.1, 0.15) is 30.9 Å². The van der Waals surface area contributed by atoms with Gasteiger partial charge in [0.25, 0.3) is 0 Å². The zero-order valence-corrected chi connectivity index (χ0v) is 14.7. The van der Waals surface area contributed by atoms with Crippen LogP contribution < -0.4 is 10.2 Å². The van der Waals surface area contributed by atoms with Gasteiger partial charge in [0.1, 0.15) is 6.10 Å². The number of fused-ring (bicyclic) bond motifs is 3. The Morgan fingerprint density at radius 3 is 3.04 bits per heavy atom. The molecule has 0 spiro atoms. The van der Waals surface area contributed by atoms with Crippen molar-refractivity contribution < 1.29 is 18.8 Å². The van der Waals surface area contributed by atoms with E-state index in [0.717, 1.165) is 47.4 Å². The molecule has 1 fully saturated rings. The molecule has 1 aromatic heterocycles. The van der Waals surface area contributed by atoms with Crippen LogP contribution in [-0.2, 0) is 22.4 Å². The van der Waals surface area contributed by atoms with E-state index in [2.05, 4.69) is 10.5 Å². The van der Waals surface area contributed by atoms with Crippen LogP contribution in [0.2, 0.25) is 0 Å². The van der Waals surface area contributed by atoms with Gasteiger partial charge in [-0.3, -0.25) is 9.69 Å². The number of carbonyl (C=O) groups is 2. The Balaban J connectivity index is 1.53. The standard InChI is InChI=1S/C19H21N3O4/c1-2-17(23)20-10-15-11-22(19(24)25-15)14-6-7-16-12(8-14)4-3-5-13-9-21-26-18(13)16/h6-9,15H,2-5,10-11H2,1H3,(H,20,23). The molecule has 1 aromatic carbocycles. The highest BCUT2D eigenvalue weighted by Crippen LogP contribution is 2.35. The first-order valence-corrected chi connectivity index (χ1v) is 8.97. The molecule has 2 heterocycles. The Kier molecular flexibility index (Phi) is 4.36. The van der Waals surface area contributed by atoms with Crippen LogP contribution in [0.4, 0.5) is 10.5 Å². The van der Waals surface area contributed by atoms with E-state index < -0.39 is 0 Å². The lowest BCUT2D eigenvalue weighted by Gasteiger charge is -2.15. The van der Waals surface area contributed by atoms with Crippen molar-refractivity contribution in [3.8, 4) is 11.3 Å². The summed E-state index contributed by atoms with van der Waals surface area (Å²) in [5.74, 6) is 0.778. The largest absolute Gasteiger partial charge is 0.442 e. The maximum Gasteiger partial charge on any atom is 0.414 e. The number of ether oxygens (including phenoxy) is 1. The number of cyclic esters (lactones) is 1. The van der Waals surface area contributed by atoms with Gasteiger partial charge >= 0.3 is 6.09 Å². The average molecular weight is 355 g/mol. The molecule has 1 unspecified atom stereocenters. The van der Waals surface area contributed by atoms with Crippen LogP contribution >= 0.6 is 0 Å². The van der Waals surface area contributed by atoms with Crippen LogP contribution in [0, 0.1) is 0 Å². The van der Waals surface area contributed by atoms with E-state index in [9.17, 15) is 9.59 Å². The van der Waals surface area contributed by atoms with Gasteiger partial charge in [0, 0.05) is 23.2 Å². The van der Waals surface area contributed by atoms with Crippen LogP contribution in [-0.4, -0.2) is 36.4 Å². The smallest absolute Gasteiger partial charge is 0.414 e.